The number of rotatable bonds is 6. The molecule has 4 nitrogen and oxygen atoms in total. The van der Waals surface area contributed by atoms with Crippen molar-refractivity contribution in [2.75, 3.05) is 27.3 Å². The van der Waals surface area contributed by atoms with Crippen LogP contribution in [0, 0.1) is 0 Å². The van der Waals surface area contributed by atoms with E-state index in [9.17, 15) is 4.79 Å². The normalized spacial score (nSPS) is 10.1. The van der Waals surface area contributed by atoms with E-state index in [4.69, 9.17) is 9.47 Å². The maximum Gasteiger partial charge on any atom is 0.254 e. The second-order valence-electron chi connectivity index (χ2n) is 4.26. The van der Waals surface area contributed by atoms with Gasteiger partial charge in [-0.2, -0.15) is 11.3 Å². The van der Waals surface area contributed by atoms with E-state index in [-0.39, 0.29) is 5.91 Å². The molecule has 0 spiro atoms. The molecule has 0 saturated carbocycles. The van der Waals surface area contributed by atoms with Crippen LogP contribution >= 0.6 is 11.3 Å². The van der Waals surface area contributed by atoms with Crippen molar-refractivity contribution in [2.45, 2.75) is 0 Å². The zero-order valence-electron chi connectivity index (χ0n) is 11.5. The Balaban J connectivity index is 1.78. The molecule has 1 amide bonds. The highest BCUT2D eigenvalue weighted by molar-refractivity contribution is 7.08. The lowest BCUT2D eigenvalue weighted by Crippen LogP contribution is -2.30. The molecule has 1 aromatic heterocycles. The number of carbonyl (C=O) groups excluding carboxylic acids is 1. The van der Waals surface area contributed by atoms with Crippen molar-refractivity contribution in [3.05, 3.63) is 46.7 Å². The first-order chi connectivity index (χ1) is 9.70. The molecule has 1 aromatic carbocycles. The lowest BCUT2D eigenvalue weighted by molar-refractivity contribution is 0.0774. The molecule has 0 saturated heterocycles. The van der Waals surface area contributed by atoms with Crippen molar-refractivity contribution in [1.82, 2.24) is 4.90 Å². The molecule has 0 aliphatic rings. The van der Waals surface area contributed by atoms with E-state index >= 15 is 0 Å². The Morgan fingerprint density at radius 2 is 1.90 bits per heavy atom. The van der Waals surface area contributed by atoms with Gasteiger partial charge in [0.2, 0.25) is 0 Å². The monoisotopic (exact) mass is 291 g/mol. The Hall–Kier alpha value is -2.01. The third-order valence-corrected chi connectivity index (χ3v) is 3.55. The molecule has 0 bridgehead atoms. The number of likely N-dealkylation sites (N-methyl/N-ethyl adjacent to an activating group) is 1. The molecule has 0 aliphatic carbocycles. The smallest absolute Gasteiger partial charge is 0.254 e. The number of carbonyl (C=O) groups is 1. The van der Waals surface area contributed by atoms with Gasteiger partial charge in [0.15, 0.2) is 0 Å². The molecular formula is C15H17NO3S. The van der Waals surface area contributed by atoms with Gasteiger partial charge in [-0.1, -0.05) is 0 Å². The average molecular weight is 291 g/mol. The van der Waals surface area contributed by atoms with E-state index < -0.39 is 0 Å². The highest BCUT2D eigenvalue weighted by atomic mass is 32.1. The van der Waals surface area contributed by atoms with Gasteiger partial charge in [-0.15, -0.1) is 0 Å². The number of amides is 1. The minimum absolute atomic E-state index is 0.0181. The molecular weight excluding hydrogens is 274 g/mol. The van der Waals surface area contributed by atoms with Crippen LogP contribution in [0.3, 0.4) is 0 Å². The Labute approximate surface area is 122 Å². The van der Waals surface area contributed by atoms with Gasteiger partial charge in [0.05, 0.1) is 19.2 Å². The number of hydrogen-bond acceptors (Lipinski definition) is 4. The fourth-order valence-corrected chi connectivity index (χ4v) is 2.31. The zero-order valence-corrected chi connectivity index (χ0v) is 12.4. The Morgan fingerprint density at radius 3 is 2.50 bits per heavy atom. The van der Waals surface area contributed by atoms with Crippen LogP contribution in [0.1, 0.15) is 10.4 Å². The molecule has 0 fully saturated rings. The Morgan fingerprint density at radius 1 is 1.20 bits per heavy atom. The van der Waals surface area contributed by atoms with Crippen molar-refractivity contribution >= 4 is 17.2 Å². The molecule has 0 aliphatic heterocycles. The molecule has 106 valence electrons. The third kappa shape index (κ3) is 3.74. The molecule has 0 N–H and O–H groups in total. The minimum atomic E-state index is 0.0181. The average Bonchev–Trinajstić information content (AvgIpc) is 3.01. The van der Waals surface area contributed by atoms with Crippen LogP contribution in [-0.4, -0.2) is 38.1 Å². The summed E-state index contributed by atoms with van der Waals surface area (Å²) >= 11 is 1.52. The van der Waals surface area contributed by atoms with Crippen molar-refractivity contribution in [2.24, 2.45) is 0 Å². The van der Waals surface area contributed by atoms with Crippen LogP contribution in [0.4, 0.5) is 0 Å². The lowest BCUT2D eigenvalue weighted by atomic mass is 10.3. The summed E-state index contributed by atoms with van der Waals surface area (Å²) in [6, 6.07) is 9.21. The first-order valence-electron chi connectivity index (χ1n) is 6.25. The van der Waals surface area contributed by atoms with E-state index in [0.717, 1.165) is 17.1 Å². The minimum Gasteiger partial charge on any atom is -0.497 e. The van der Waals surface area contributed by atoms with E-state index in [2.05, 4.69) is 0 Å². The summed E-state index contributed by atoms with van der Waals surface area (Å²) in [4.78, 5) is 13.7. The predicted molar refractivity (Wildman–Crippen MR) is 79.8 cm³/mol. The van der Waals surface area contributed by atoms with Crippen LogP contribution in [0.15, 0.2) is 41.1 Å². The summed E-state index contributed by atoms with van der Waals surface area (Å²) in [5.41, 5.74) is 0.724. The van der Waals surface area contributed by atoms with Crippen molar-refractivity contribution in [3.8, 4) is 11.5 Å². The Bertz CT molecular complexity index is 537. The maximum absolute atomic E-state index is 12.0. The number of methoxy groups -OCH3 is 1. The van der Waals surface area contributed by atoms with Gasteiger partial charge in [-0.3, -0.25) is 4.79 Å². The summed E-state index contributed by atoms with van der Waals surface area (Å²) < 4.78 is 10.7. The molecule has 0 atom stereocenters. The van der Waals surface area contributed by atoms with Gasteiger partial charge < -0.3 is 14.4 Å². The predicted octanol–water partition coefficient (Wildman–Crippen LogP) is 2.91. The number of nitrogens with zero attached hydrogens (tertiary/aromatic N) is 1. The molecule has 20 heavy (non-hydrogen) atoms. The fourth-order valence-electron chi connectivity index (χ4n) is 1.68. The van der Waals surface area contributed by atoms with Gasteiger partial charge in [0, 0.05) is 12.4 Å². The van der Waals surface area contributed by atoms with E-state index in [1.165, 1.54) is 11.3 Å². The summed E-state index contributed by atoms with van der Waals surface area (Å²) in [7, 11) is 3.40. The van der Waals surface area contributed by atoms with E-state index in [1.807, 2.05) is 41.1 Å². The van der Waals surface area contributed by atoms with E-state index in [0.29, 0.717) is 13.2 Å². The van der Waals surface area contributed by atoms with Crippen molar-refractivity contribution < 1.29 is 14.3 Å². The first-order valence-corrected chi connectivity index (χ1v) is 7.19. The number of ether oxygens (including phenoxy) is 2. The highest BCUT2D eigenvalue weighted by Crippen LogP contribution is 2.17. The lowest BCUT2D eigenvalue weighted by Gasteiger charge is -2.16. The Kier molecular flexibility index (Phi) is 5.01. The molecule has 2 aromatic rings. The molecule has 1 heterocycles. The van der Waals surface area contributed by atoms with Gasteiger partial charge in [-0.25, -0.2) is 0 Å². The van der Waals surface area contributed by atoms with Crippen LogP contribution in [0.2, 0.25) is 0 Å². The second kappa shape index (κ2) is 6.96. The molecule has 0 unspecified atom stereocenters. The molecule has 2 rings (SSSR count). The van der Waals surface area contributed by atoms with E-state index in [1.54, 1.807) is 19.1 Å². The molecule has 5 heteroatoms. The van der Waals surface area contributed by atoms with Gasteiger partial charge in [0.25, 0.3) is 5.91 Å². The van der Waals surface area contributed by atoms with Crippen molar-refractivity contribution in [1.29, 1.82) is 0 Å². The first kappa shape index (κ1) is 14.4. The number of thiophene rings is 1. The third-order valence-electron chi connectivity index (χ3n) is 2.87. The van der Waals surface area contributed by atoms with Crippen LogP contribution < -0.4 is 9.47 Å². The molecule has 0 radical (unpaired) electrons. The van der Waals surface area contributed by atoms with Crippen LogP contribution in [0.5, 0.6) is 11.5 Å². The highest BCUT2D eigenvalue weighted by Gasteiger charge is 2.11. The standard InChI is InChI=1S/C15H17NO3S/c1-16(15(17)12-7-10-20-11-12)8-9-19-14-5-3-13(18-2)4-6-14/h3-7,10-11H,8-9H2,1-2H3. The van der Waals surface area contributed by atoms with Gasteiger partial charge in [0.1, 0.15) is 18.1 Å². The summed E-state index contributed by atoms with van der Waals surface area (Å²) in [6.07, 6.45) is 0. The van der Waals surface area contributed by atoms with Gasteiger partial charge in [-0.05, 0) is 35.7 Å². The number of benzene rings is 1. The summed E-state index contributed by atoms with van der Waals surface area (Å²) in [6.45, 7) is 0.999. The number of hydrogen-bond donors (Lipinski definition) is 0. The zero-order chi connectivity index (χ0) is 14.4. The largest absolute Gasteiger partial charge is 0.497 e. The second-order valence-corrected chi connectivity index (χ2v) is 5.04. The maximum atomic E-state index is 12.0. The van der Waals surface area contributed by atoms with Gasteiger partial charge >= 0.3 is 0 Å². The van der Waals surface area contributed by atoms with Crippen LogP contribution in [0.25, 0.3) is 0 Å². The van der Waals surface area contributed by atoms with Crippen molar-refractivity contribution in [3.63, 3.8) is 0 Å². The quantitative estimate of drug-likeness (QED) is 0.821. The van der Waals surface area contributed by atoms with Crippen LogP contribution in [-0.2, 0) is 0 Å². The summed E-state index contributed by atoms with van der Waals surface area (Å²) in [5.74, 6) is 1.58. The summed E-state index contributed by atoms with van der Waals surface area (Å²) in [5, 5.41) is 3.75. The SMILES string of the molecule is COc1ccc(OCCN(C)C(=O)c2ccsc2)cc1. The fraction of sp³-hybridized carbons (Fsp3) is 0.267. The topological polar surface area (TPSA) is 38.8 Å².